The molecule has 4 rings (SSSR count). The molecule has 3 aromatic rings. The first-order valence-corrected chi connectivity index (χ1v) is 10.4. The van der Waals surface area contributed by atoms with Crippen LogP contribution in [0.15, 0.2) is 59.1 Å². The molecule has 2 heterocycles. The van der Waals surface area contributed by atoms with Crippen molar-refractivity contribution >= 4 is 0 Å². The van der Waals surface area contributed by atoms with Gasteiger partial charge < -0.3 is 19.7 Å². The maximum Gasteiger partial charge on any atom is 0.167 e. The summed E-state index contributed by atoms with van der Waals surface area (Å²) in [5.41, 5.74) is 4.02. The lowest BCUT2D eigenvalue weighted by molar-refractivity contribution is -0.115. The smallest absolute Gasteiger partial charge is 0.167 e. The van der Waals surface area contributed by atoms with Gasteiger partial charge in [0.2, 0.25) is 0 Å². The van der Waals surface area contributed by atoms with Gasteiger partial charge in [0, 0.05) is 31.1 Å². The molecule has 2 N–H and O–H groups in total. The lowest BCUT2D eigenvalue weighted by atomic mass is 9.98. The van der Waals surface area contributed by atoms with E-state index in [9.17, 15) is 9.50 Å². The average molecular weight is 410 g/mol. The van der Waals surface area contributed by atoms with E-state index < -0.39 is 6.10 Å². The van der Waals surface area contributed by atoms with Gasteiger partial charge in [-0.1, -0.05) is 35.0 Å². The van der Waals surface area contributed by atoms with E-state index in [0.29, 0.717) is 25.1 Å². The molecule has 0 amide bonds. The maximum absolute atomic E-state index is 13.1. The summed E-state index contributed by atoms with van der Waals surface area (Å²) in [6, 6.07) is 16.4. The second-order valence-corrected chi connectivity index (χ2v) is 7.95. The van der Waals surface area contributed by atoms with E-state index in [1.54, 1.807) is 12.1 Å². The zero-order valence-electron chi connectivity index (χ0n) is 17.1. The number of rotatable bonds is 7. The van der Waals surface area contributed by atoms with Crippen molar-refractivity contribution in [3.05, 3.63) is 77.2 Å². The first kappa shape index (κ1) is 20.7. The Hall–Kier alpha value is -2.54. The minimum atomic E-state index is -0.473. The zero-order chi connectivity index (χ0) is 20.9. The largest absolute Gasteiger partial charge is 0.390 e. The van der Waals surface area contributed by atoms with Crippen molar-refractivity contribution in [2.24, 2.45) is 0 Å². The van der Waals surface area contributed by atoms with Crippen LogP contribution in [0.25, 0.3) is 11.3 Å². The van der Waals surface area contributed by atoms with Gasteiger partial charge in [-0.05, 0) is 49.6 Å². The van der Waals surface area contributed by atoms with Crippen LogP contribution in [0, 0.1) is 12.7 Å². The van der Waals surface area contributed by atoms with E-state index in [0.717, 1.165) is 24.2 Å². The molecule has 0 aliphatic carbocycles. The molecule has 30 heavy (non-hydrogen) atoms. The van der Waals surface area contributed by atoms with Crippen LogP contribution in [-0.2, 0) is 17.7 Å². The van der Waals surface area contributed by atoms with Crippen LogP contribution in [0.5, 0.6) is 0 Å². The highest BCUT2D eigenvalue weighted by Gasteiger charge is 2.30. The second-order valence-electron chi connectivity index (χ2n) is 7.95. The van der Waals surface area contributed by atoms with E-state index in [1.165, 1.54) is 23.3 Å². The number of nitrogens with zero attached hydrogens (tertiary/aromatic N) is 1. The number of nitrogens with one attached hydrogen (secondary N) is 1. The van der Waals surface area contributed by atoms with Crippen LogP contribution < -0.4 is 5.32 Å². The molecule has 0 radical (unpaired) electrons. The molecule has 3 unspecified atom stereocenters. The number of hydrogen-bond acceptors (Lipinski definition) is 5. The van der Waals surface area contributed by atoms with Crippen LogP contribution in [0.2, 0.25) is 0 Å². The molecular weight excluding hydrogens is 383 g/mol. The van der Waals surface area contributed by atoms with E-state index in [-0.39, 0.29) is 18.0 Å². The Bertz CT molecular complexity index is 940. The molecule has 0 saturated carbocycles. The Kier molecular flexibility index (Phi) is 6.57. The predicted molar refractivity (Wildman–Crippen MR) is 112 cm³/mol. The Morgan fingerprint density at radius 1 is 1.10 bits per heavy atom. The topological polar surface area (TPSA) is 67.5 Å². The summed E-state index contributed by atoms with van der Waals surface area (Å²) >= 11 is 0. The number of hydrogen-bond donors (Lipinski definition) is 2. The number of aryl methyl sites for hydroxylation is 1. The summed E-state index contributed by atoms with van der Waals surface area (Å²) in [5, 5.41) is 17.9. The minimum Gasteiger partial charge on any atom is -0.390 e. The van der Waals surface area contributed by atoms with Crippen LogP contribution in [0.1, 0.15) is 29.7 Å². The maximum atomic E-state index is 13.1. The van der Waals surface area contributed by atoms with Gasteiger partial charge in [0.05, 0.1) is 24.0 Å². The third-order valence-corrected chi connectivity index (χ3v) is 5.50. The third kappa shape index (κ3) is 5.33. The van der Waals surface area contributed by atoms with Crippen LogP contribution in [0.4, 0.5) is 4.39 Å². The van der Waals surface area contributed by atoms with E-state index in [4.69, 9.17) is 9.26 Å². The summed E-state index contributed by atoms with van der Waals surface area (Å²) in [6.07, 6.45) is 1.34. The molecule has 3 atom stereocenters. The monoisotopic (exact) mass is 410 g/mol. The number of halogens is 1. The van der Waals surface area contributed by atoms with Crippen molar-refractivity contribution in [1.29, 1.82) is 0 Å². The molecule has 1 aromatic heterocycles. The Balaban J connectivity index is 1.30. The predicted octanol–water partition coefficient (Wildman–Crippen LogP) is 4.03. The molecular formula is C24H27FN2O3. The number of aliphatic hydroxyl groups excluding tert-OH is 1. The van der Waals surface area contributed by atoms with Gasteiger partial charge in [-0.3, -0.25) is 0 Å². The SMILES string of the molecule is Cc1ccc(CNCC2OC(Cc3cc(-c4ccc(F)cc4)on3)CCC2O)cc1. The van der Waals surface area contributed by atoms with E-state index in [1.807, 2.05) is 6.07 Å². The van der Waals surface area contributed by atoms with Crippen LogP contribution >= 0.6 is 0 Å². The molecule has 2 aromatic carbocycles. The molecule has 0 bridgehead atoms. The van der Waals surface area contributed by atoms with Gasteiger partial charge in [-0.15, -0.1) is 0 Å². The van der Waals surface area contributed by atoms with E-state index >= 15 is 0 Å². The van der Waals surface area contributed by atoms with Gasteiger partial charge in [-0.25, -0.2) is 4.39 Å². The van der Waals surface area contributed by atoms with Gasteiger partial charge >= 0.3 is 0 Å². The highest BCUT2D eigenvalue weighted by molar-refractivity contribution is 5.57. The van der Waals surface area contributed by atoms with Gasteiger partial charge in [0.15, 0.2) is 5.76 Å². The van der Waals surface area contributed by atoms with Crippen molar-refractivity contribution in [3.8, 4) is 11.3 Å². The fourth-order valence-electron chi connectivity index (χ4n) is 3.74. The van der Waals surface area contributed by atoms with Crippen molar-refractivity contribution in [2.45, 2.75) is 51.0 Å². The van der Waals surface area contributed by atoms with Gasteiger partial charge in [-0.2, -0.15) is 0 Å². The van der Waals surface area contributed by atoms with Crippen LogP contribution in [0.3, 0.4) is 0 Å². The number of benzene rings is 2. The average Bonchev–Trinajstić information content (AvgIpc) is 3.21. The first-order valence-electron chi connectivity index (χ1n) is 10.4. The van der Waals surface area contributed by atoms with Crippen molar-refractivity contribution in [2.75, 3.05) is 6.54 Å². The Labute approximate surface area is 175 Å². The summed E-state index contributed by atoms with van der Waals surface area (Å²) < 4.78 is 24.7. The molecule has 1 fully saturated rings. The molecule has 1 saturated heterocycles. The summed E-state index contributed by atoms with van der Waals surface area (Å²) in [6.45, 7) is 3.40. The third-order valence-electron chi connectivity index (χ3n) is 5.50. The second kappa shape index (κ2) is 9.51. The Morgan fingerprint density at radius 3 is 2.63 bits per heavy atom. The lowest BCUT2D eigenvalue weighted by Gasteiger charge is -2.34. The fraction of sp³-hybridized carbons (Fsp3) is 0.375. The number of aromatic nitrogens is 1. The van der Waals surface area contributed by atoms with Crippen molar-refractivity contribution in [3.63, 3.8) is 0 Å². The molecule has 1 aliphatic heterocycles. The van der Waals surface area contributed by atoms with E-state index in [2.05, 4.69) is 41.7 Å². The summed E-state index contributed by atoms with van der Waals surface area (Å²) in [7, 11) is 0. The molecule has 0 spiro atoms. The normalized spacial score (nSPS) is 21.6. The Morgan fingerprint density at radius 2 is 1.87 bits per heavy atom. The first-order chi connectivity index (χ1) is 14.6. The summed E-state index contributed by atoms with van der Waals surface area (Å²) in [5.74, 6) is 0.326. The highest BCUT2D eigenvalue weighted by atomic mass is 19.1. The molecule has 1 aliphatic rings. The van der Waals surface area contributed by atoms with Gasteiger partial charge in [0.1, 0.15) is 5.82 Å². The highest BCUT2D eigenvalue weighted by Crippen LogP contribution is 2.25. The molecule has 5 nitrogen and oxygen atoms in total. The molecule has 6 heteroatoms. The lowest BCUT2D eigenvalue weighted by Crippen LogP contribution is -2.45. The number of ether oxygens (including phenoxy) is 1. The minimum absolute atomic E-state index is 0.0225. The fourth-order valence-corrected chi connectivity index (χ4v) is 3.74. The number of aliphatic hydroxyl groups is 1. The van der Waals surface area contributed by atoms with Crippen molar-refractivity contribution < 1.29 is 18.8 Å². The van der Waals surface area contributed by atoms with Crippen molar-refractivity contribution in [1.82, 2.24) is 10.5 Å². The standard InChI is InChI=1S/C24H27FN2O3/c1-16-2-4-17(5-3-16)14-26-15-24-22(28)11-10-21(29-24)12-20-13-23(30-27-20)18-6-8-19(25)9-7-18/h2-9,13,21-22,24,26,28H,10-12,14-15H2,1H3. The van der Waals surface area contributed by atoms with Gasteiger partial charge in [0.25, 0.3) is 0 Å². The molecule has 158 valence electrons. The van der Waals surface area contributed by atoms with Crippen LogP contribution in [-0.4, -0.2) is 35.1 Å². The zero-order valence-corrected chi connectivity index (χ0v) is 17.1. The summed E-state index contributed by atoms with van der Waals surface area (Å²) in [4.78, 5) is 0. The quantitative estimate of drug-likeness (QED) is 0.616.